The van der Waals surface area contributed by atoms with Gasteiger partial charge in [-0.1, -0.05) is 23.7 Å². The van der Waals surface area contributed by atoms with E-state index in [4.69, 9.17) is 62.7 Å². The van der Waals surface area contributed by atoms with Gasteiger partial charge in [0.1, 0.15) is 0 Å². The van der Waals surface area contributed by atoms with E-state index in [1.807, 2.05) is 29.8 Å². The van der Waals surface area contributed by atoms with Crippen molar-refractivity contribution in [1.29, 1.82) is 0 Å². The molecule has 0 saturated carbocycles. The van der Waals surface area contributed by atoms with Crippen LogP contribution in [0.2, 0.25) is 0 Å². The zero-order valence-electron chi connectivity index (χ0n) is 15.6. The number of nitrogens with zero attached hydrogens (tertiary/aromatic N) is 3. The summed E-state index contributed by atoms with van der Waals surface area (Å²) in [5.74, 6) is 2.66. The molecule has 164 valence electrons. The van der Waals surface area contributed by atoms with Crippen LogP contribution in [0.4, 0.5) is 4.79 Å². The summed E-state index contributed by atoms with van der Waals surface area (Å²) >= 11 is 1.80. The zero-order valence-corrected chi connectivity index (χ0v) is 23.5. The van der Waals surface area contributed by atoms with Crippen LogP contribution < -0.4 is 4.68 Å². The van der Waals surface area contributed by atoms with E-state index in [2.05, 4.69) is 13.0 Å². The molecule has 1 aromatic heterocycles. The van der Waals surface area contributed by atoms with Crippen LogP contribution in [0.15, 0.2) is 29.2 Å². The summed E-state index contributed by atoms with van der Waals surface area (Å²) in [6.07, 6.45) is 2.18. The number of aryl methyl sites for hydroxylation is 2. The summed E-state index contributed by atoms with van der Waals surface area (Å²) in [7, 11) is 25.0. The molecule has 0 bridgehead atoms. The average Bonchev–Trinajstić information content (AvgIpc) is 2.81. The summed E-state index contributed by atoms with van der Waals surface area (Å²) < 4.78 is 8.78. The first-order valence-corrected chi connectivity index (χ1v) is 29.1. The van der Waals surface area contributed by atoms with Gasteiger partial charge in [-0.15, -0.1) is 16.4 Å². The number of halogens is 6. The Kier molecular flexibility index (Phi) is 8.34. The monoisotopic (exact) mass is 649 g/mol. The Labute approximate surface area is 194 Å². The van der Waals surface area contributed by atoms with E-state index in [1.165, 1.54) is 4.90 Å². The average molecular weight is 653 g/mol. The molecule has 1 aliphatic rings. The number of ether oxygens (including phenoxy) is 1. The van der Waals surface area contributed by atoms with E-state index in [9.17, 15) is 4.79 Å². The number of rotatable bonds is 3. The first-order valence-electron chi connectivity index (χ1n) is 8.69. The van der Waals surface area contributed by atoms with Crippen molar-refractivity contribution in [3.05, 3.63) is 35.9 Å². The van der Waals surface area contributed by atoms with Gasteiger partial charge in [0.2, 0.25) is 0 Å². The van der Waals surface area contributed by atoms with Crippen LogP contribution in [0, 0.1) is 0 Å². The molecule has 13 heteroatoms. The van der Waals surface area contributed by atoms with Crippen LogP contribution in [-0.4, -0.2) is 37.3 Å². The minimum atomic E-state index is -5.42. The molecular weight excluding hydrogens is 633 g/mol. The summed E-state index contributed by atoms with van der Waals surface area (Å²) in [4.78, 5) is 18.3. The predicted octanol–water partition coefficient (Wildman–Crippen LogP) is 6.52. The first kappa shape index (κ1) is 26.0. The Hall–Kier alpha value is 0.738. The second kappa shape index (κ2) is 9.31. The Bertz CT molecular complexity index is 891. The van der Waals surface area contributed by atoms with Gasteiger partial charge in [0, 0.05) is 12.2 Å². The maximum absolute atomic E-state index is 12.5. The van der Waals surface area contributed by atoms with Gasteiger partial charge in [-0.2, -0.15) is 0 Å². The van der Waals surface area contributed by atoms with Crippen molar-refractivity contribution < 1.29 is 14.2 Å². The number of hydrogen-bond acceptors (Lipinski definition) is 4. The van der Waals surface area contributed by atoms with Gasteiger partial charge in [0.15, 0.2) is 5.69 Å². The molecule has 1 aliphatic heterocycles. The van der Waals surface area contributed by atoms with Crippen LogP contribution in [0.3, 0.4) is 0 Å². The number of thioether (sulfide) groups is 1. The Morgan fingerprint density at radius 1 is 1.21 bits per heavy atom. The second-order valence-corrected chi connectivity index (χ2v) is 64.1. The third kappa shape index (κ3) is 9.02. The van der Waals surface area contributed by atoms with Gasteiger partial charge in [0.05, 0.1) is 17.9 Å². The number of carbonyl (C=O) groups is 1. The Morgan fingerprint density at radius 3 is 2.41 bits per heavy atom. The molecule has 0 aliphatic carbocycles. The van der Waals surface area contributed by atoms with Crippen LogP contribution in [0.25, 0.3) is 5.69 Å². The van der Waals surface area contributed by atoms with E-state index in [0.29, 0.717) is 6.61 Å². The number of benzene rings is 1. The molecule has 1 aromatic carbocycles. The van der Waals surface area contributed by atoms with Gasteiger partial charge in [-0.25, -0.2) is 4.79 Å². The van der Waals surface area contributed by atoms with Gasteiger partial charge in [-0.3, -0.25) is 0 Å². The SMILES string of the molecule is CCCc1nc2[n+](n1C(=O)OCC)-c1ccccc1SCC2.[Cl][Sb-]([Cl])([Cl])([Cl])([Cl])[Cl]. The van der Waals surface area contributed by atoms with Crippen molar-refractivity contribution in [3.63, 3.8) is 0 Å². The number of hydrogen-bond donors (Lipinski definition) is 0. The van der Waals surface area contributed by atoms with E-state index in [1.54, 1.807) is 16.4 Å². The van der Waals surface area contributed by atoms with Crippen molar-refractivity contribution in [1.82, 2.24) is 9.67 Å². The van der Waals surface area contributed by atoms with Crippen molar-refractivity contribution in [2.24, 2.45) is 0 Å². The van der Waals surface area contributed by atoms with E-state index in [0.717, 1.165) is 42.4 Å². The van der Waals surface area contributed by atoms with E-state index in [-0.39, 0.29) is 6.09 Å². The number of aromatic nitrogens is 3. The maximum atomic E-state index is 12.5. The summed E-state index contributed by atoms with van der Waals surface area (Å²) in [5, 5.41) is 0. The van der Waals surface area contributed by atoms with Gasteiger partial charge in [-0.05, 0) is 30.5 Å². The number of carbonyl (C=O) groups excluding carboxylic acids is 1. The van der Waals surface area contributed by atoms with Gasteiger partial charge >= 0.3 is 74.0 Å². The van der Waals surface area contributed by atoms with Crippen LogP contribution in [0.1, 0.15) is 31.9 Å². The van der Waals surface area contributed by atoms with Crippen molar-refractivity contribution in [3.8, 4) is 5.69 Å². The fourth-order valence-corrected chi connectivity index (χ4v) is 3.63. The zero-order chi connectivity index (χ0) is 21.9. The summed E-state index contributed by atoms with van der Waals surface area (Å²) in [6, 6.07) is 8.13. The van der Waals surface area contributed by atoms with E-state index >= 15 is 0 Å². The molecule has 0 spiro atoms. The number of fused-ring (bicyclic) bond motifs is 3. The molecule has 3 rings (SSSR count). The van der Waals surface area contributed by atoms with Crippen molar-refractivity contribution >= 4 is 80.0 Å². The molecular formula is C16H20Cl6N3O2SSb. The fraction of sp³-hybridized carbons (Fsp3) is 0.438. The molecule has 29 heavy (non-hydrogen) atoms. The fourth-order valence-electron chi connectivity index (χ4n) is 2.65. The third-order valence-electron chi connectivity index (χ3n) is 3.54. The minimum absolute atomic E-state index is 0.355. The molecule has 0 radical (unpaired) electrons. The summed E-state index contributed by atoms with van der Waals surface area (Å²) in [6.45, 7) is 4.26. The van der Waals surface area contributed by atoms with Crippen LogP contribution in [-0.2, 0) is 17.6 Å². The second-order valence-electron chi connectivity index (χ2n) is 6.04. The third-order valence-corrected chi connectivity index (χ3v) is 4.60. The molecule has 0 unspecified atom stereocenters. The topological polar surface area (TPSA) is 48.0 Å². The molecule has 0 atom stereocenters. The molecule has 2 aromatic rings. The van der Waals surface area contributed by atoms with Crippen LogP contribution in [0.5, 0.6) is 0 Å². The molecule has 2 heterocycles. The molecule has 0 amide bonds. The van der Waals surface area contributed by atoms with E-state index < -0.39 is 9.14 Å². The Balaban J connectivity index is 0.000000370. The standard InChI is InChI=1S/C16H20N3O2S.6ClH.Sb/c1-3-7-14-17-15-10-11-22-13-9-6-5-8-12(13)18(15)19(14)16(20)21-4-2;;;;;;;/h5-6,8-9H,3-4,7,10-11H2,1-2H3;6*1H;/q+1;;;;;;;+5/p-6. The molecule has 0 N–H and O–H groups in total. The molecule has 5 nitrogen and oxygen atoms in total. The van der Waals surface area contributed by atoms with Gasteiger partial charge < -0.3 is 4.74 Å². The quantitative estimate of drug-likeness (QED) is 0.280. The van der Waals surface area contributed by atoms with Crippen molar-refractivity contribution in [2.75, 3.05) is 12.4 Å². The van der Waals surface area contributed by atoms with Crippen molar-refractivity contribution in [2.45, 2.75) is 38.0 Å². The Morgan fingerprint density at radius 2 is 1.83 bits per heavy atom. The normalized spacial score (nSPS) is 15.6. The molecule has 0 fully saturated rings. The van der Waals surface area contributed by atoms with Crippen LogP contribution >= 0.6 is 64.7 Å². The first-order chi connectivity index (χ1) is 13.2. The van der Waals surface area contributed by atoms with Gasteiger partial charge in [0.25, 0.3) is 5.82 Å². The number of para-hydroxylation sites is 1. The molecule has 0 saturated heterocycles. The predicted molar refractivity (Wildman–Crippen MR) is 125 cm³/mol. The summed E-state index contributed by atoms with van der Waals surface area (Å²) in [5.41, 5.74) is 1.00.